The van der Waals surface area contributed by atoms with E-state index in [-0.39, 0.29) is 12.0 Å². The molecule has 1 amide bonds. The zero-order valence-corrected chi connectivity index (χ0v) is 15.3. The van der Waals surface area contributed by atoms with Gasteiger partial charge in [-0.2, -0.15) is 0 Å². The van der Waals surface area contributed by atoms with Crippen LogP contribution in [-0.2, 0) is 4.74 Å². The molecule has 1 fully saturated rings. The number of hydrogen-bond acceptors (Lipinski definition) is 6. The third-order valence-electron chi connectivity index (χ3n) is 4.39. The summed E-state index contributed by atoms with van der Waals surface area (Å²) in [6.45, 7) is 2.84. The first-order valence-electron chi connectivity index (χ1n) is 8.91. The number of rotatable bonds is 7. The predicted octanol–water partition coefficient (Wildman–Crippen LogP) is 1.72. The van der Waals surface area contributed by atoms with E-state index in [2.05, 4.69) is 19.9 Å². The van der Waals surface area contributed by atoms with Crippen molar-refractivity contribution in [1.82, 2.24) is 24.8 Å². The minimum absolute atomic E-state index is 0.0522. The van der Waals surface area contributed by atoms with Crippen LogP contribution in [-0.4, -0.2) is 77.1 Å². The van der Waals surface area contributed by atoms with E-state index in [0.717, 1.165) is 31.6 Å². The van der Waals surface area contributed by atoms with Crippen LogP contribution < -0.4 is 0 Å². The Morgan fingerprint density at radius 1 is 1.19 bits per heavy atom. The summed E-state index contributed by atoms with van der Waals surface area (Å²) < 4.78 is 5.71. The number of aromatic nitrogens is 3. The highest BCUT2D eigenvalue weighted by atomic mass is 16.5. The maximum Gasteiger partial charge on any atom is 0.257 e. The molecule has 0 N–H and O–H groups in total. The smallest absolute Gasteiger partial charge is 0.257 e. The van der Waals surface area contributed by atoms with Crippen LogP contribution in [0.4, 0.5) is 0 Å². The number of ether oxygens (including phenoxy) is 1. The number of carbonyl (C=O) groups excluding carboxylic acids is 1. The minimum Gasteiger partial charge on any atom is -0.376 e. The van der Waals surface area contributed by atoms with Crippen molar-refractivity contribution in [2.75, 3.05) is 40.3 Å². The second-order valence-corrected chi connectivity index (χ2v) is 6.72. The van der Waals surface area contributed by atoms with Crippen LogP contribution in [0.15, 0.2) is 36.9 Å². The third kappa shape index (κ3) is 4.83. The zero-order chi connectivity index (χ0) is 18.4. The van der Waals surface area contributed by atoms with Gasteiger partial charge in [0.15, 0.2) is 5.82 Å². The lowest BCUT2D eigenvalue weighted by molar-refractivity contribution is 0.0511. The summed E-state index contributed by atoms with van der Waals surface area (Å²) in [5, 5.41) is 0. The molecule has 7 heteroatoms. The topological polar surface area (TPSA) is 71.5 Å². The third-order valence-corrected chi connectivity index (χ3v) is 4.39. The van der Waals surface area contributed by atoms with Gasteiger partial charge >= 0.3 is 0 Å². The first-order valence-corrected chi connectivity index (χ1v) is 8.91. The number of likely N-dealkylation sites (N-methyl/N-ethyl adjacent to an activating group) is 1. The molecule has 3 heterocycles. The van der Waals surface area contributed by atoms with Crippen LogP contribution in [0.5, 0.6) is 0 Å². The maximum atomic E-state index is 13.0. The van der Waals surface area contributed by atoms with Gasteiger partial charge in [0.05, 0.1) is 11.7 Å². The lowest BCUT2D eigenvalue weighted by Gasteiger charge is -2.26. The van der Waals surface area contributed by atoms with Crippen LogP contribution in [0, 0.1) is 0 Å². The summed E-state index contributed by atoms with van der Waals surface area (Å²) in [6.07, 6.45) is 8.78. The second kappa shape index (κ2) is 8.82. The zero-order valence-electron chi connectivity index (χ0n) is 15.3. The van der Waals surface area contributed by atoms with E-state index >= 15 is 0 Å². The highest BCUT2D eigenvalue weighted by Gasteiger charge is 2.24. The van der Waals surface area contributed by atoms with Crippen molar-refractivity contribution in [2.24, 2.45) is 0 Å². The number of carbonyl (C=O) groups is 1. The minimum atomic E-state index is -0.0522. The molecule has 138 valence electrons. The van der Waals surface area contributed by atoms with Crippen LogP contribution in [0.1, 0.15) is 23.2 Å². The van der Waals surface area contributed by atoms with E-state index in [9.17, 15) is 4.79 Å². The Hall–Kier alpha value is -2.38. The summed E-state index contributed by atoms with van der Waals surface area (Å²) in [7, 11) is 4.00. The summed E-state index contributed by atoms with van der Waals surface area (Å²) in [6, 6.07) is 3.69. The number of pyridine rings is 1. The summed E-state index contributed by atoms with van der Waals surface area (Å²) in [4.78, 5) is 29.6. The van der Waals surface area contributed by atoms with Crippen LogP contribution in [0.2, 0.25) is 0 Å². The molecule has 2 aromatic rings. The van der Waals surface area contributed by atoms with Crippen LogP contribution in [0.25, 0.3) is 11.4 Å². The van der Waals surface area contributed by atoms with Crippen molar-refractivity contribution in [2.45, 2.75) is 18.9 Å². The second-order valence-electron chi connectivity index (χ2n) is 6.72. The van der Waals surface area contributed by atoms with Crippen molar-refractivity contribution in [1.29, 1.82) is 0 Å². The fraction of sp³-hybridized carbons (Fsp3) is 0.474. The molecule has 26 heavy (non-hydrogen) atoms. The van der Waals surface area contributed by atoms with Gasteiger partial charge in [0.25, 0.3) is 5.91 Å². The van der Waals surface area contributed by atoms with Gasteiger partial charge in [-0.15, -0.1) is 0 Å². The highest BCUT2D eigenvalue weighted by molar-refractivity contribution is 5.93. The Balaban J connectivity index is 1.72. The van der Waals surface area contributed by atoms with Gasteiger partial charge in [0.2, 0.25) is 0 Å². The Morgan fingerprint density at radius 3 is 2.54 bits per heavy atom. The SMILES string of the molecule is CN(C)CCN(C[C@H]1CCCO1)C(=O)c1cnc(-c2ccncc2)nc1. The fourth-order valence-electron chi connectivity index (χ4n) is 2.90. The first-order chi connectivity index (χ1) is 12.6. The maximum absolute atomic E-state index is 13.0. The molecule has 0 aromatic carbocycles. The summed E-state index contributed by atoms with van der Waals surface area (Å²) in [5.41, 5.74) is 1.38. The molecule has 1 atom stereocenters. The Bertz CT molecular complexity index is 700. The van der Waals surface area contributed by atoms with E-state index in [0.29, 0.717) is 24.5 Å². The fourth-order valence-corrected chi connectivity index (χ4v) is 2.90. The summed E-state index contributed by atoms with van der Waals surface area (Å²) in [5.74, 6) is 0.534. The standard InChI is InChI=1S/C19H25N5O2/c1-23(2)9-10-24(14-17-4-3-11-26-17)19(25)16-12-21-18(22-13-16)15-5-7-20-8-6-15/h5-8,12-13,17H,3-4,9-11,14H2,1-2H3/t17-/m1/s1. The molecule has 0 aliphatic carbocycles. The van der Waals surface area contributed by atoms with Crippen molar-refractivity contribution < 1.29 is 9.53 Å². The number of hydrogen-bond donors (Lipinski definition) is 0. The molecular weight excluding hydrogens is 330 g/mol. The first kappa shape index (κ1) is 18.4. The van der Waals surface area contributed by atoms with E-state index in [4.69, 9.17) is 4.74 Å². The molecule has 1 saturated heterocycles. The van der Waals surface area contributed by atoms with Crippen molar-refractivity contribution in [3.63, 3.8) is 0 Å². The van der Waals surface area contributed by atoms with Gasteiger partial charge in [-0.25, -0.2) is 9.97 Å². The van der Waals surface area contributed by atoms with Crippen LogP contribution in [0.3, 0.4) is 0 Å². The average molecular weight is 355 g/mol. The van der Waals surface area contributed by atoms with Gasteiger partial charge in [-0.1, -0.05) is 0 Å². The molecule has 1 aliphatic heterocycles. The van der Waals surface area contributed by atoms with Gasteiger partial charge in [0, 0.05) is 56.6 Å². The molecule has 0 bridgehead atoms. The Morgan fingerprint density at radius 2 is 1.92 bits per heavy atom. The van der Waals surface area contributed by atoms with E-state index < -0.39 is 0 Å². The van der Waals surface area contributed by atoms with E-state index in [1.807, 2.05) is 31.1 Å². The average Bonchev–Trinajstić information content (AvgIpc) is 3.18. The lowest BCUT2D eigenvalue weighted by atomic mass is 10.2. The van der Waals surface area contributed by atoms with E-state index in [1.165, 1.54) is 0 Å². The van der Waals surface area contributed by atoms with Gasteiger partial charge in [-0.3, -0.25) is 9.78 Å². The summed E-state index contributed by atoms with van der Waals surface area (Å²) >= 11 is 0. The Labute approximate surface area is 154 Å². The van der Waals surface area contributed by atoms with E-state index in [1.54, 1.807) is 24.8 Å². The molecule has 0 unspecified atom stereocenters. The monoisotopic (exact) mass is 355 g/mol. The molecule has 0 radical (unpaired) electrons. The highest BCUT2D eigenvalue weighted by Crippen LogP contribution is 2.16. The molecule has 1 aliphatic rings. The lowest BCUT2D eigenvalue weighted by Crippen LogP contribution is -2.41. The predicted molar refractivity (Wildman–Crippen MR) is 98.7 cm³/mol. The molecule has 3 rings (SSSR count). The molecule has 7 nitrogen and oxygen atoms in total. The molecule has 2 aromatic heterocycles. The van der Waals surface area contributed by atoms with Crippen molar-refractivity contribution in [3.8, 4) is 11.4 Å². The van der Waals surface area contributed by atoms with Gasteiger partial charge in [0.1, 0.15) is 0 Å². The quantitative estimate of drug-likeness (QED) is 0.753. The Kier molecular flexibility index (Phi) is 6.25. The number of nitrogens with zero attached hydrogens (tertiary/aromatic N) is 5. The molecule has 0 spiro atoms. The molecular formula is C19H25N5O2. The largest absolute Gasteiger partial charge is 0.376 e. The number of amides is 1. The van der Waals surface area contributed by atoms with Gasteiger partial charge in [-0.05, 0) is 39.1 Å². The molecule has 0 saturated carbocycles. The van der Waals surface area contributed by atoms with Crippen LogP contribution >= 0.6 is 0 Å². The normalized spacial score (nSPS) is 16.8. The van der Waals surface area contributed by atoms with Crippen molar-refractivity contribution >= 4 is 5.91 Å². The van der Waals surface area contributed by atoms with Gasteiger partial charge < -0.3 is 14.5 Å². The van der Waals surface area contributed by atoms with Crippen molar-refractivity contribution in [3.05, 3.63) is 42.5 Å².